The van der Waals surface area contributed by atoms with Crippen molar-refractivity contribution in [3.05, 3.63) is 0 Å². The average molecular weight is 719 g/mol. The predicted octanol–water partition coefficient (Wildman–Crippen LogP) is 12.5. The van der Waals surface area contributed by atoms with Crippen LogP contribution in [0.3, 0.4) is 0 Å². The van der Waals surface area contributed by atoms with Crippen LogP contribution in [0.1, 0.15) is 226 Å². The molecule has 1 atom stereocenters. The Hall–Kier alpha value is -0.950. The van der Waals surface area contributed by atoms with Crippen LogP contribution in [0.2, 0.25) is 0 Å². The molecule has 0 aliphatic carbocycles. The van der Waals surface area contributed by atoms with E-state index in [1.807, 2.05) is 0 Å². The van der Waals surface area contributed by atoms with E-state index in [-0.39, 0.29) is 19.4 Å². The average Bonchev–Trinajstić information content (AvgIpc) is 3.07. The lowest BCUT2D eigenvalue weighted by Gasteiger charge is -2.18. The molecule has 2 N–H and O–H groups in total. The van der Waals surface area contributed by atoms with Crippen LogP contribution in [0.4, 0.5) is 0 Å². The summed E-state index contributed by atoms with van der Waals surface area (Å²) >= 11 is 0. The first-order chi connectivity index (χ1) is 23.8. The number of phosphoric acid groups is 1. The molecule has 0 fully saturated rings. The summed E-state index contributed by atoms with van der Waals surface area (Å²) in [5.41, 5.74) is 0. The van der Waals surface area contributed by atoms with Crippen LogP contribution in [0.5, 0.6) is 0 Å². The van der Waals surface area contributed by atoms with Gasteiger partial charge in [0.2, 0.25) is 0 Å². The molecule has 9 heteroatoms. The van der Waals surface area contributed by atoms with E-state index in [0.717, 1.165) is 32.1 Å². The first kappa shape index (κ1) is 48.0. The molecule has 0 saturated heterocycles. The molecule has 0 heterocycles. The van der Waals surface area contributed by atoms with Crippen LogP contribution in [-0.4, -0.2) is 41.0 Å². The number of hydrogen-bond donors (Lipinski definition) is 2. The third kappa shape index (κ3) is 39.7. The first-order valence-electron chi connectivity index (χ1n) is 20.8. The lowest BCUT2D eigenvalue weighted by Crippen LogP contribution is -2.29. The number of carbonyl (C=O) groups is 2. The molecule has 0 bridgehead atoms. The molecule has 1 unspecified atom stereocenters. The number of ether oxygens (including phenoxy) is 2. The summed E-state index contributed by atoms with van der Waals surface area (Å²) in [4.78, 5) is 42.7. The molecule has 0 rings (SSSR count). The highest BCUT2D eigenvalue weighted by Crippen LogP contribution is 2.36. The topological polar surface area (TPSA) is 119 Å². The molecule has 0 amide bonds. The number of unbranched alkanes of at least 4 members (excludes halogenated alkanes) is 29. The van der Waals surface area contributed by atoms with Gasteiger partial charge in [-0.15, -0.1) is 0 Å². The highest BCUT2D eigenvalue weighted by molar-refractivity contribution is 7.46. The van der Waals surface area contributed by atoms with Crippen LogP contribution in [0.15, 0.2) is 0 Å². The molecular formula is C40H79O8P. The van der Waals surface area contributed by atoms with Gasteiger partial charge in [0.05, 0.1) is 6.61 Å². The van der Waals surface area contributed by atoms with Crippen molar-refractivity contribution >= 4 is 19.8 Å². The molecule has 292 valence electrons. The highest BCUT2D eigenvalue weighted by Gasteiger charge is 2.22. The van der Waals surface area contributed by atoms with E-state index in [1.165, 1.54) is 161 Å². The van der Waals surface area contributed by atoms with Gasteiger partial charge in [-0.25, -0.2) is 4.57 Å². The number of rotatable bonds is 39. The standard InChI is InChI=1S/C40H79O8P/c1-3-5-7-9-11-13-15-16-17-18-19-20-21-22-23-24-25-27-29-31-33-35-40(42)48-38(37-47-49(43,44)45)36-46-39(41)34-32-30-28-26-14-12-10-8-6-4-2/h38H,3-37H2,1-2H3,(H2,43,44,45). The normalized spacial score (nSPS) is 12.3. The number of carbonyl (C=O) groups excluding carboxylic acids is 2. The Morgan fingerprint density at radius 2 is 0.735 bits per heavy atom. The Balaban J connectivity index is 3.80. The third-order valence-corrected chi connectivity index (χ3v) is 9.86. The maximum Gasteiger partial charge on any atom is 0.469 e. The van der Waals surface area contributed by atoms with E-state index in [4.69, 9.17) is 19.3 Å². The smallest absolute Gasteiger partial charge is 0.462 e. The van der Waals surface area contributed by atoms with Gasteiger partial charge in [-0.05, 0) is 12.8 Å². The SMILES string of the molecule is CCCCCCCCCCCCCCCCCCCCCCCC(=O)OC(COC(=O)CCCCCCCCCCCC)COP(=O)(O)O. The van der Waals surface area contributed by atoms with Crippen molar-refractivity contribution in [3.63, 3.8) is 0 Å². The van der Waals surface area contributed by atoms with Gasteiger partial charge in [0, 0.05) is 12.8 Å². The molecule has 49 heavy (non-hydrogen) atoms. The summed E-state index contributed by atoms with van der Waals surface area (Å²) in [6.45, 7) is 3.69. The number of esters is 2. The minimum Gasteiger partial charge on any atom is -0.462 e. The largest absolute Gasteiger partial charge is 0.469 e. The van der Waals surface area contributed by atoms with E-state index in [1.54, 1.807) is 0 Å². The van der Waals surface area contributed by atoms with Crippen LogP contribution >= 0.6 is 7.82 Å². The molecule has 0 saturated carbocycles. The summed E-state index contributed by atoms with van der Waals surface area (Å²) < 4.78 is 26.3. The van der Waals surface area contributed by atoms with E-state index < -0.39 is 32.5 Å². The van der Waals surface area contributed by atoms with Gasteiger partial charge in [0.15, 0.2) is 6.10 Å². The molecule has 0 aromatic carbocycles. The quantitative estimate of drug-likeness (QED) is 0.0366. The summed E-state index contributed by atoms with van der Waals surface area (Å²) in [5, 5.41) is 0. The summed E-state index contributed by atoms with van der Waals surface area (Å²) in [6, 6.07) is 0. The fourth-order valence-corrected chi connectivity index (χ4v) is 6.62. The fourth-order valence-electron chi connectivity index (χ4n) is 6.26. The molecule has 0 spiro atoms. The van der Waals surface area contributed by atoms with Gasteiger partial charge >= 0.3 is 19.8 Å². The van der Waals surface area contributed by atoms with Crippen molar-refractivity contribution in [3.8, 4) is 0 Å². The van der Waals surface area contributed by atoms with Crippen LogP contribution < -0.4 is 0 Å². The molecule has 8 nitrogen and oxygen atoms in total. The molecule has 0 aliphatic heterocycles. The zero-order valence-corrected chi connectivity index (χ0v) is 33.0. The Labute approximate surface area is 302 Å². The molecule has 0 aliphatic rings. The minimum absolute atomic E-state index is 0.220. The van der Waals surface area contributed by atoms with E-state index in [2.05, 4.69) is 18.4 Å². The van der Waals surface area contributed by atoms with Crippen LogP contribution in [0, 0.1) is 0 Å². The minimum atomic E-state index is -4.74. The summed E-state index contributed by atoms with van der Waals surface area (Å²) in [6.07, 6.45) is 38.4. The van der Waals surface area contributed by atoms with Gasteiger partial charge in [-0.1, -0.05) is 200 Å². The fraction of sp³-hybridized carbons (Fsp3) is 0.950. The van der Waals surface area contributed by atoms with Gasteiger partial charge in [0.1, 0.15) is 6.61 Å². The van der Waals surface area contributed by atoms with Gasteiger partial charge in [0.25, 0.3) is 0 Å². The Morgan fingerprint density at radius 1 is 0.449 bits per heavy atom. The van der Waals surface area contributed by atoms with Crippen molar-refractivity contribution in [2.24, 2.45) is 0 Å². The Kier molecular flexibility index (Phi) is 36.1. The number of phosphoric ester groups is 1. The van der Waals surface area contributed by atoms with Crippen LogP contribution in [0.25, 0.3) is 0 Å². The lowest BCUT2D eigenvalue weighted by atomic mass is 10.0. The zero-order valence-electron chi connectivity index (χ0n) is 32.1. The van der Waals surface area contributed by atoms with Gasteiger partial charge in [-0.2, -0.15) is 0 Å². The van der Waals surface area contributed by atoms with Gasteiger partial charge in [-0.3, -0.25) is 14.1 Å². The first-order valence-corrected chi connectivity index (χ1v) is 22.4. The third-order valence-electron chi connectivity index (χ3n) is 9.38. The highest BCUT2D eigenvalue weighted by atomic mass is 31.2. The lowest BCUT2D eigenvalue weighted by molar-refractivity contribution is -0.161. The molecule has 0 aromatic rings. The second kappa shape index (κ2) is 36.8. The van der Waals surface area contributed by atoms with Crippen molar-refractivity contribution < 1.29 is 37.9 Å². The van der Waals surface area contributed by atoms with Crippen molar-refractivity contribution in [2.45, 2.75) is 232 Å². The molecule has 0 aromatic heterocycles. The van der Waals surface area contributed by atoms with Crippen molar-refractivity contribution in [1.82, 2.24) is 0 Å². The Morgan fingerprint density at radius 3 is 1.04 bits per heavy atom. The van der Waals surface area contributed by atoms with Gasteiger partial charge < -0.3 is 19.3 Å². The second-order valence-electron chi connectivity index (χ2n) is 14.3. The van der Waals surface area contributed by atoms with E-state index >= 15 is 0 Å². The maximum atomic E-state index is 12.4. The molecular weight excluding hydrogens is 639 g/mol. The Bertz CT molecular complexity index is 771. The van der Waals surface area contributed by atoms with E-state index in [9.17, 15) is 14.2 Å². The predicted molar refractivity (Wildman–Crippen MR) is 203 cm³/mol. The van der Waals surface area contributed by atoms with Crippen molar-refractivity contribution in [1.29, 1.82) is 0 Å². The summed E-state index contributed by atoms with van der Waals surface area (Å²) in [7, 11) is -4.74. The summed E-state index contributed by atoms with van der Waals surface area (Å²) in [5.74, 6) is -0.871. The van der Waals surface area contributed by atoms with E-state index in [0.29, 0.717) is 6.42 Å². The van der Waals surface area contributed by atoms with Crippen LogP contribution in [-0.2, 0) is 28.2 Å². The van der Waals surface area contributed by atoms with Crippen molar-refractivity contribution in [2.75, 3.05) is 13.2 Å². The second-order valence-corrected chi connectivity index (χ2v) is 15.6. The molecule has 0 radical (unpaired) electrons. The monoisotopic (exact) mass is 719 g/mol. The zero-order chi connectivity index (χ0) is 36.1. The maximum absolute atomic E-state index is 12.4. The number of hydrogen-bond acceptors (Lipinski definition) is 6.